The van der Waals surface area contributed by atoms with Gasteiger partial charge in [-0.15, -0.1) is 0 Å². The van der Waals surface area contributed by atoms with E-state index in [4.69, 9.17) is 4.84 Å². The number of hydroxylamine groups is 1. The molecule has 2 heterocycles. The molecule has 0 aromatic heterocycles. The lowest BCUT2D eigenvalue weighted by atomic mass is 10.0. The standard InChI is InChI=1S/C29H29FN4O4/c1-19-17-21(28(36)33-15-5-4-8-20-7-2-3-11-25(20)33)12-13-22(19)18-32-29(37)38-34-16-14-31-27(35)23-9-6-10-24(30)26(23)34/h2-3,6-7,9-13,17H,4-5,8,14-16,18H2,1H3,(H,31,35)(H,32,37). The highest BCUT2D eigenvalue weighted by Gasteiger charge is 2.27. The van der Waals surface area contributed by atoms with Gasteiger partial charge in [0.1, 0.15) is 5.69 Å². The lowest BCUT2D eigenvalue weighted by Crippen LogP contribution is -2.36. The number of benzene rings is 3. The molecule has 3 aromatic carbocycles. The third-order valence-electron chi connectivity index (χ3n) is 6.89. The van der Waals surface area contributed by atoms with Crippen LogP contribution in [0.2, 0.25) is 0 Å². The summed E-state index contributed by atoms with van der Waals surface area (Å²) in [4.78, 5) is 45.4. The Kier molecular flexibility index (Phi) is 7.26. The van der Waals surface area contributed by atoms with Crippen LogP contribution in [0.1, 0.15) is 50.2 Å². The Morgan fingerprint density at radius 1 is 1.05 bits per heavy atom. The van der Waals surface area contributed by atoms with Crippen LogP contribution in [0, 0.1) is 12.7 Å². The van der Waals surface area contributed by atoms with Crippen molar-refractivity contribution < 1.29 is 23.6 Å². The van der Waals surface area contributed by atoms with Crippen LogP contribution < -0.4 is 20.6 Å². The molecule has 0 radical (unpaired) electrons. The number of nitrogens with one attached hydrogen (secondary N) is 2. The van der Waals surface area contributed by atoms with Gasteiger partial charge in [0, 0.05) is 30.9 Å². The summed E-state index contributed by atoms with van der Waals surface area (Å²) < 4.78 is 14.5. The number of hydrogen-bond donors (Lipinski definition) is 2. The normalized spacial score (nSPS) is 14.9. The zero-order valence-electron chi connectivity index (χ0n) is 21.1. The molecule has 0 saturated heterocycles. The molecule has 0 atom stereocenters. The molecular formula is C29H29FN4O4. The Morgan fingerprint density at radius 2 is 1.89 bits per heavy atom. The van der Waals surface area contributed by atoms with E-state index in [1.807, 2.05) is 42.2 Å². The van der Waals surface area contributed by atoms with E-state index in [0.29, 0.717) is 12.1 Å². The van der Waals surface area contributed by atoms with Crippen LogP contribution in [0.4, 0.5) is 20.6 Å². The summed E-state index contributed by atoms with van der Waals surface area (Å²) >= 11 is 0. The van der Waals surface area contributed by atoms with Gasteiger partial charge >= 0.3 is 6.09 Å². The molecule has 0 unspecified atom stereocenters. The molecule has 0 spiro atoms. The molecule has 9 heteroatoms. The second-order valence-electron chi connectivity index (χ2n) is 9.41. The first-order chi connectivity index (χ1) is 18.4. The maximum atomic E-state index is 14.5. The predicted octanol–water partition coefficient (Wildman–Crippen LogP) is 4.51. The van der Waals surface area contributed by atoms with E-state index in [1.54, 1.807) is 6.07 Å². The van der Waals surface area contributed by atoms with Crippen LogP contribution in [0.5, 0.6) is 0 Å². The molecular weight excluding hydrogens is 487 g/mol. The van der Waals surface area contributed by atoms with Gasteiger partial charge in [-0.25, -0.2) is 9.18 Å². The number of halogens is 1. The molecule has 0 fully saturated rings. The van der Waals surface area contributed by atoms with E-state index in [1.165, 1.54) is 23.8 Å². The lowest BCUT2D eigenvalue weighted by molar-refractivity contribution is 0.0955. The molecule has 5 rings (SSSR count). The van der Waals surface area contributed by atoms with E-state index in [0.717, 1.165) is 41.1 Å². The van der Waals surface area contributed by atoms with Crippen molar-refractivity contribution in [3.63, 3.8) is 0 Å². The lowest BCUT2D eigenvalue weighted by Gasteiger charge is -2.24. The van der Waals surface area contributed by atoms with Gasteiger partial charge in [0.05, 0.1) is 12.1 Å². The summed E-state index contributed by atoms with van der Waals surface area (Å²) in [7, 11) is 0. The van der Waals surface area contributed by atoms with Crippen molar-refractivity contribution in [3.8, 4) is 0 Å². The van der Waals surface area contributed by atoms with E-state index in [9.17, 15) is 18.8 Å². The van der Waals surface area contributed by atoms with Crippen LogP contribution in [-0.2, 0) is 17.8 Å². The summed E-state index contributed by atoms with van der Waals surface area (Å²) in [6.45, 7) is 3.00. The number of fused-ring (bicyclic) bond motifs is 2. The molecule has 3 aromatic rings. The Labute approximate surface area is 220 Å². The summed E-state index contributed by atoms with van der Waals surface area (Å²) in [6, 6.07) is 17.6. The monoisotopic (exact) mass is 516 g/mol. The molecule has 2 aliphatic rings. The Hall–Kier alpha value is -4.40. The van der Waals surface area contributed by atoms with Crippen LogP contribution in [0.25, 0.3) is 0 Å². The van der Waals surface area contributed by atoms with E-state index < -0.39 is 17.8 Å². The SMILES string of the molecule is Cc1cc(C(=O)N2CCCCc3ccccc32)ccc1CNC(=O)ON1CCNC(=O)c2cccc(F)c21. The summed E-state index contributed by atoms with van der Waals surface area (Å²) in [5.74, 6) is -1.14. The van der Waals surface area contributed by atoms with Gasteiger partial charge < -0.3 is 20.4 Å². The van der Waals surface area contributed by atoms with Crippen molar-refractivity contribution in [2.75, 3.05) is 29.6 Å². The zero-order chi connectivity index (χ0) is 26.6. The van der Waals surface area contributed by atoms with Gasteiger partial charge in [0.2, 0.25) is 0 Å². The Balaban J connectivity index is 1.25. The highest BCUT2D eigenvalue weighted by molar-refractivity contribution is 6.06. The fraction of sp³-hybridized carbons (Fsp3) is 0.276. The number of carbonyl (C=O) groups excluding carboxylic acids is 3. The van der Waals surface area contributed by atoms with Crippen LogP contribution in [-0.4, -0.2) is 37.5 Å². The van der Waals surface area contributed by atoms with Crippen LogP contribution in [0.15, 0.2) is 60.7 Å². The molecule has 3 amide bonds. The zero-order valence-corrected chi connectivity index (χ0v) is 21.1. The number of carbonyl (C=O) groups is 3. The second kappa shape index (κ2) is 10.9. The number of para-hydroxylation sites is 2. The predicted molar refractivity (Wildman–Crippen MR) is 142 cm³/mol. The van der Waals surface area contributed by atoms with E-state index in [2.05, 4.69) is 16.7 Å². The van der Waals surface area contributed by atoms with Crippen molar-refractivity contribution in [3.05, 3.63) is 94.3 Å². The molecule has 2 N–H and O–H groups in total. The number of rotatable bonds is 4. The van der Waals surface area contributed by atoms with Crippen LogP contribution in [0.3, 0.4) is 0 Å². The topological polar surface area (TPSA) is 91.0 Å². The minimum absolute atomic E-state index is 0.0496. The molecule has 2 aliphatic heterocycles. The highest BCUT2D eigenvalue weighted by Crippen LogP contribution is 2.28. The Bertz CT molecular complexity index is 1390. The number of aryl methyl sites for hydroxylation is 2. The number of anilines is 2. The second-order valence-corrected chi connectivity index (χ2v) is 9.41. The number of amides is 3. The average molecular weight is 517 g/mol. The van der Waals surface area contributed by atoms with Crippen molar-refractivity contribution in [1.29, 1.82) is 0 Å². The first-order valence-corrected chi connectivity index (χ1v) is 12.7. The smallest absolute Gasteiger partial charge is 0.350 e. The number of hydrogen-bond acceptors (Lipinski definition) is 5. The minimum atomic E-state index is -0.783. The first-order valence-electron chi connectivity index (χ1n) is 12.7. The molecule has 8 nitrogen and oxygen atoms in total. The first kappa shape index (κ1) is 25.3. The average Bonchev–Trinajstić information content (AvgIpc) is 3.22. The highest BCUT2D eigenvalue weighted by atomic mass is 19.1. The van der Waals surface area contributed by atoms with Crippen molar-refractivity contribution >= 4 is 29.3 Å². The fourth-order valence-electron chi connectivity index (χ4n) is 4.91. The Morgan fingerprint density at radius 3 is 2.74 bits per heavy atom. The van der Waals surface area contributed by atoms with Gasteiger partial charge in [0.15, 0.2) is 5.82 Å². The van der Waals surface area contributed by atoms with Gasteiger partial charge in [0.25, 0.3) is 11.8 Å². The summed E-state index contributed by atoms with van der Waals surface area (Å²) in [6.07, 6.45) is 2.17. The molecule has 0 bridgehead atoms. The maximum Gasteiger partial charge on any atom is 0.431 e. The summed E-state index contributed by atoms with van der Waals surface area (Å²) in [5.41, 5.74) is 4.41. The summed E-state index contributed by atoms with van der Waals surface area (Å²) in [5, 5.41) is 6.42. The van der Waals surface area contributed by atoms with Crippen molar-refractivity contribution in [2.24, 2.45) is 0 Å². The van der Waals surface area contributed by atoms with Gasteiger partial charge in [-0.05, 0) is 73.2 Å². The van der Waals surface area contributed by atoms with E-state index in [-0.39, 0.29) is 36.8 Å². The van der Waals surface area contributed by atoms with Gasteiger partial charge in [-0.1, -0.05) is 30.3 Å². The van der Waals surface area contributed by atoms with Crippen molar-refractivity contribution in [2.45, 2.75) is 32.7 Å². The maximum absolute atomic E-state index is 14.5. The fourth-order valence-corrected chi connectivity index (χ4v) is 4.91. The molecule has 196 valence electrons. The van der Waals surface area contributed by atoms with E-state index >= 15 is 0 Å². The quantitative estimate of drug-likeness (QED) is 0.533. The molecule has 0 aliphatic carbocycles. The third-order valence-corrected chi connectivity index (χ3v) is 6.89. The third kappa shape index (κ3) is 5.18. The minimum Gasteiger partial charge on any atom is -0.350 e. The van der Waals surface area contributed by atoms with Crippen molar-refractivity contribution in [1.82, 2.24) is 10.6 Å². The van der Waals surface area contributed by atoms with Crippen LogP contribution >= 0.6 is 0 Å². The van der Waals surface area contributed by atoms with Gasteiger partial charge in [-0.2, -0.15) is 5.06 Å². The largest absolute Gasteiger partial charge is 0.431 e. The number of nitrogens with zero attached hydrogens (tertiary/aromatic N) is 2. The molecule has 38 heavy (non-hydrogen) atoms. The molecule has 0 saturated carbocycles. The van der Waals surface area contributed by atoms with Gasteiger partial charge in [-0.3, -0.25) is 9.59 Å².